The average molecular weight is 132 g/mol. The molecule has 0 aromatic rings. The number of rotatable bonds is 3. The lowest BCUT2D eigenvalue weighted by Gasteiger charge is -2.27. The topological polar surface area (TPSA) is 40.5 Å². The Kier molecular flexibility index (Phi) is 3.15. The van der Waals surface area contributed by atoms with Gasteiger partial charge in [0.1, 0.15) is 0 Å². The van der Waals surface area contributed by atoms with Gasteiger partial charge >= 0.3 is 0 Å². The minimum atomic E-state index is -0.700. The van der Waals surface area contributed by atoms with Gasteiger partial charge in [-0.15, -0.1) is 0 Å². The molecule has 0 amide bonds. The Balaban J connectivity index is 3.80. The first-order chi connectivity index (χ1) is 4.04. The Labute approximate surface area is 56.5 Å². The molecule has 0 aromatic heterocycles. The zero-order valence-corrected chi connectivity index (χ0v) is 6.39. The van der Waals surface area contributed by atoms with Crippen LogP contribution in [0.5, 0.6) is 0 Å². The van der Waals surface area contributed by atoms with Crippen LogP contribution < -0.4 is 0 Å². The van der Waals surface area contributed by atoms with E-state index in [1.54, 1.807) is 6.92 Å². The second-order valence-electron chi connectivity index (χ2n) is 2.79. The summed E-state index contributed by atoms with van der Waals surface area (Å²) < 4.78 is 0. The molecule has 2 nitrogen and oxygen atoms in total. The number of aliphatic hydroxyl groups is 2. The second-order valence-corrected chi connectivity index (χ2v) is 2.79. The summed E-state index contributed by atoms with van der Waals surface area (Å²) in [5, 5.41) is 18.1. The van der Waals surface area contributed by atoms with Crippen LogP contribution in [0.15, 0.2) is 0 Å². The van der Waals surface area contributed by atoms with Crippen molar-refractivity contribution in [2.24, 2.45) is 5.92 Å². The molecule has 0 heterocycles. The minimum Gasteiger partial charge on any atom is -0.396 e. The molecule has 0 spiro atoms. The van der Waals surface area contributed by atoms with Crippen LogP contribution in [-0.4, -0.2) is 22.4 Å². The molecular formula is C7H16O2. The Morgan fingerprint density at radius 3 is 2.11 bits per heavy atom. The van der Waals surface area contributed by atoms with E-state index >= 15 is 0 Å². The largest absolute Gasteiger partial charge is 0.396 e. The Bertz CT molecular complexity index is 79.0. The summed E-state index contributed by atoms with van der Waals surface area (Å²) in [4.78, 5) is 0. The van der Waals surface area contributed by atoms with Crippen LogP contribution >= 0.6 is 0 Å². The quantitative estimate of drug-likeness (QED) is 0.595. The first-order valence-corrected chi connectivity index (χ1v) is 3.37. The maximum absolute atomic E-state index is 9.43. The highest BCUT2D eigenvalue weighted by atomic mass is 16.3. The molecule has 0 fully saturated rings. The summed E-state index contributed by atoms with van der Waals surface area (Å²) in [5.41, 5.74) is -0.700. The predicted octanol–water partition coefficient (Wildman–Crippen LogP) is 0.776. The highest BCUT2D eigenvalue weighted by Crippen LogP contribution is 2.19. The lowest BCUT2D eigenvalue weighted by Crippen LogP contribution is -2.33. The highest BCUT2D eigenvalue weighted by Gasteiger charge is 2.24. The van der Waals surface area contributed by atoms with E-state index in [0.29, 0.717) is 6.42 Å². The van der Waals surface area contributed by atoms with E-state index in [1.165, 1.54) is 0 Å². The van der Waals surface area contributed by atoms with Crippen molar-refractivity contribution in [3.8, 4) is 0 Å². The third kappa shape index (κ3) is 2.33. The lowest BCUT2D eigenvalue weighted by atomic mass is 9.89. The van der Waals surface area contributed by atoms with Crippen LogP contribution in [0.1, 0.15) is 27.2 Å². The summed E-state index contributed by atoms with van der Waals surface area (Å²) in [6, 6.07) is 0. The van der Waals surface area contributed by atoms with Crippen molar-refractivity contribution in [3.63, 3.8) is 0 Å². The summed E-state index contributed by atoms with van der Waals surface area (Å²) in [5.74, 6) is -0.0255. The van der Waals surface area contributed by atoms with Crippen molar-refractivity contribution in [2.45, 2.75) is 32.8 Å². The molecule has 9 heavy (non-hydrogen) atoms. The van der Waals surface area contributed by atoms with Gasteiger partial charge in [-0.3, -0.25) is 0 Å². The molecule has 0 saturated heterocycles. The van der Waals surface area contributed by atoms with Crippen LogP contribution in [0.25, 0.3) is 0 Å². The predicted molar refractivity (Wildman–Crippen MR) is 37.2 cm³/mol. The molecule has 0 saturated carbocycles. The third-order valence-electron chi connectivity index (χ3n) is 2.05. The molecule has 0 unspecified atom stereocenters. The SMILES string of the molecule is CC[C@](C)(O)[C@H](C)CO. The molecule has 2 heteroatoms. The van der Waals surface area contributed by atoms with Crippen LogP contribution in [0, 0.1) is 5.92 Å². The van der Waals surface area contributed by atoms with E-state index < -0.39 is 5.60 Å². The second kappa shape index (κ2) is 3.18. The molecule has 0 aliphatic carbocycles. The molecule has 2 N–H and O–H groups in total. The summed E-state index contributed by atoms with van der Waals surface area (Å²) >= 11 is 0. The summed E-state index contributed by atoms with van der Waals surface area (Å²) in [6.45, 7) is 5.55. The molecule has 0 radical (unpaired) electrons. The van der Waals surface area contributed by atoms with Crippen molar-refractivity contribution >= 4 is 0 Å². The van der Waals surface area contributed by atoms with Crippen LogP contribution in [0.2, 0.25) is 0 Å². The maximum Gasteiger partial charge on any atom is 0.0664 e. The maximum atomic E-state index is 9.43. The standard InChI is InChI=1S/C7H16O2/c1-4-7(3,9)6(2)5-8/h6,8-9H,4-5H2,1-3H3/t6-,7+/m1/s1. The Morgan fingerprint density at radius 2 is 2.00 bits per heavy atom. The van der Waals surface area contributed by atoms with E-state index in [2.05, 4.69) is 0 Å². The lowest BCUT2D eigenvalue weighted by molar-refractivity contribution is -0.0191. The summed E-state index contributed by atoms with van der Waals surface area (Å²) in [6.07, 6.45) is 0.689. The van der Waals surface area contributed by atoms with Gasteiger partial charge in [0, 0.05) is 12.5 Å². The molecule has 56 valence electrons. The van der Waals surface area contributed by atoms with Gasteiger partial charge in [-0.25, -0.2) is 0 Å². The van der Waals surface area contributed by atoms with Gasteiger partial charge in [-0.1, -0.05) is 13.8 Å². The van der Waals surface area contributed by atoms with Gasteiger partial charge in [0.15, 0.2) is 0 Å². The molecule has 0 rings (SSSR count). The van der Waals surface area contributed by atoms with E-state index in [9.17, 15) is 5.11 Å². The van der Waals surface area contributed by atoms with Crippen LogP contribution in [-0.2, 0) is 0 Å². The first kappa shape index (κ1) is 8.92. The number of aliphatic hydroxyl groups excluding tert-OH is 1. The van der Waals surface area contributed by atoms with E-state index in [4.69, 9.17) is 5.11 Å². The Morgan fingerprint density at radius 1 is 1.56 bits per heavy atom. The first-order valence-electron chi connectivity index (χ1n) is 3.37. The van der Waals surface area contributed by atoms with Gasteiger partial charge in [-0.05, 0) is 13.3 Å². The molecule has 0 aromatic carbocycles. The van der Waals surface area contributed by atoms with Gasteiger partial charge in [0.05, 0.1) is 5.60 Å². The minimum absolute atomic E-state index is 0.0255. The van der Waals surface area contributed by atoms with Gasteiger partial charge < -0.3 is 10.2 Å². The van der Waals surface area contributed by atoms with Crippen molar-refractivity contribution in [1.29, 1.82) is 0 Å². The molecule has 0 aliphatic heterocycles. The molecule has 2 atom stereocenters. The normalized spacial score (nSPS) is 21.0. The fourth-order valence-electron chi connectivity index (χ4n) is 0.545. The Hall–Kier alpha value is -0.0800. The zero-order valence-electron chi connectivity index (χ0n) is 6.39. The van der Waals surface area contributed by atoms with Gasteiger partial charge in [0.25, 0.3) is 0 Å². The fraction of sp³-hybridized carbons (Fsp3) is 1.00. The number of hydrogen-bond donors (Lipinski definition) is 2. The monoisotopic (exact) mass is 132 g/mol. The van der Waals surface area contributed by atoms with Crippen LogP contribution in [0.3, 0.4) is 0 Å². The zero-order chi connectivity index (χ0) is 7.49. The van der Waals surface area contributed by atoms with Crippen molar-refractivity contribution in [2.75, 3.05) is 6.61 Å². The van der Waals surface area contributed by atoms with E-state index in [1.807, 2.05) is 13.8 Å². The number of hydrogen-bond acceptors (Lipinski definition) is 2. The molecule has 0 bridgehead atoms. The third-order valence-corrected chi connectivity index (χ3v) is 2.05. The van der Waals surface area contributed by atoms with Crippen molar-refractivity contribution in [3.05, 3.63) is 0 Å². The smallest absolute Gasteiger partial charge is 0.0664 e. The average Bonchev–Trinajstić information content (AvgIpc) is 1.86. The van der Waals surface area contributed by atoms with Crippen LogP contribution in [0.4, 0.5) is 0 Å². The summed E-state index contributed by atoms with van der Waals surface area (Å²) in [7, 11) is 0. The van der Waals surface area contributed by atoms with Crippen molar-refractivity contribution < 1.29 is 10.2 Å². The molecule has 0 aliphatic rings. The fourth-order valence-corrected chi connectivity index (χ4v) is 0.545. The van der Waals surface area contributed by atoms with E-state index in [0.717, 1.165) is 0 Å². The van der Waals surface area contributed by atoms with Gasteiger partial charge in [-0.2, -0.15) is 0 Å². The van der Waals surface area contributed by atoms with Crippen molar-refractivity contribution in [1.82, 2.24) is 0 Å². The van der Waals surface area contributed by atoms with Gasteiger partial charge in [0.2, 0.25) is 0 Å². The van der Waals surface area contributed by atoms with E-state index in [-0.39, 0.29) is 12.5 Å². The molecular weight excluding hydrogens is 116 g/mol. The highest BCUT2D eigenvalue weighted by molar-refractivity contribution is 4.76.